The molecular weight excluding hydrogens is 352 g/mol. The van der Waals surface area contributed by atoms with Crippen molar-refractivity contribution in [3.63, 3.8) is 0 Å². The van der Waals surface area contributed by atoms with E-state index in [4.69, 9.17) is 4.74 Å². The molecule has 2 aromatic carbocycles. The Morgan fingerprint density at radius 1 is 1.00 bits per heavy atom. The Bertz CT molecular complexity index is 937. The van der Waals surface area contributed by atoms with Crippen LogP contribution in [0, 0.1) is 27.7 Å². The van der Waals surface area contributed by atoms with Crippen LogP contribution in [0.15, 0.2) is 35.2 Å². The number of aryl methyl sites for hydroxylation is 4. The minimum Gasteiger partial charge on any atom is -0.495 e. The summed E-state index contributed by atoms with van der Waals surface area (Å²) in [4.78, 5) is 12.2. The Morgan fingerprint density at radius 2 is 1.65 bits per heavy atom. The van der Waals surface area contributed by atoms with Gasteiger partial charge in [0.05, 0.1) is 13.7 Å². The number of sulfonamides is 1. The van der Waals surface area contributed by atoms with Crippen LogP contribution in [0.25, 0.3) is 0 Å². The number of rotatable bonds is 6. The molecule has 0 bridgehead atoms. The molecule has 0 aliphatic carbocycles. The highest BCUT2D eigenvalue weighted by molar-refractivity contribution is 7.89. The van der Waals surface area contributed by atoms with E-state index in [0.29, 0.717) is 5.69 Å². The molecule has 7 heteroatoms. The van der Waals surface area contributed by atoms with Crippen LogP contribution in [-0.4, -0.2) is 28.0 Å². The van der Waals surface area contributed by atoms with Gasteiger partial charge >= 0.3 is 0 Å². The van der Waals surface area contributed by atoms with E-state index < -0.39 is 15.9 Å². The lowest BCUT2D eigenvalue weighted by molar-refractivity contribution is -0.115. The molecule has 6 nitrogen and oxygen atoms in total. The number of carbonyl (C=O) groups is 1. The van der Waals surface area contributed by atoms with E-state index in [1.165, 1.54) is 7.11 Å². The Morgan fingerprint density at radius 3 is 2.31 bits per heavy atom. The average Bonchev–Trinajstić information content (AvgIpc) is 2.58. The molecule has 0 heterocycles. The molecule has 0 saturated heterocycles. The highest BCUT2D eigenvalue weighted by Gasteiger charge is 2.21. The third kappa shape index (κ3) is 4.62. The fraction of sp³-hybridized carbons (Fsp3) is 0.316. The van der Waals surface area contributed by atoms with Crippen molar-refractivity contribution in [3.05, 3.63) is 52.6 Å². The van der Waals surface area contributed by atoms with Crippen molar-refractivity contribution in [2.75, 3.05) is 19.0 Å². The number of methoxy groups -OCH3 is 1. The number of nitrogens with one attached hydrogen (secondary N) is 2. The molecule has 0 aliphatic heterocycles. The third-order valence-electron chi connectivity index (χ3n) is 4.16. The van der Waals surface area contributed by atoms with Gasteiger partial charge in [-0.25, -0.2) is 13.1 Å². The van der Waals surface area contributed by atoms with Crippen molar-refractivity contribution in [1.29, 1.82) is 0 Å². The predicted octanol–water partition coefficient (Wildman–Crippen LogP) is 2.85. The van der Waals surface area contributed by atoms with E-state index in [2.05, 4.69) is 10.0 Å². The molecule has 0 aromatic heterocycles. The lowest BCUT2D eigenvalue weighted by Gasteiger charge is -2.14. The quantitative estimate of drug-likeness (QED) is 0.812. The van der Waals surface area contributed by atoms with E-state index in [-0.39, 0.29) is 17.2 Å². The van der Waals surface area contributed by atoms with Gasteiger partial charge in [0.25, 0.3) is 0 Å². The minimum atomic E-state index is -3.88. The summed E-state index contributed by atoms with van der Waals surface area (Å²) in [6.07, 6.45) is 0. The van der Waals surface area contributed by atoms with Crippen molar-refractivity contribution in [2.45, 2.75) is 32.6 Å². The Hall–Kier alpha value is -2.38. The first kappa shape index (κ1) is 19.9. The maximum absolute atomic E-state index is 12.6. The van der Waals surface area contributed by atoms with Crippen molar-refractivity contribution in [3.8, 4) is 5.75 Å². The van der Waals surface area contributed by atoms with Gasteiger partial charge in [-0.1, -0.05) is 12.1 Å². The molecule has 0 radical (unpaired) electrons. The third-order valence-corrected chi connectivity index (χ3v) is 5.58. The summed E-state index contributed by atoms with van der Waals surface area (Å²) in [5, 5.41) is 2.73. The lowest BCUT2D eigenvalue weighted by atomic mass is 10.1. The largest absolute Gasteiger partial charge is 0.495 e. The van der Waals surface area contributed by atoms with E-state index in [0.717, 1.165) is 22.3 Å². The van der Waals surface area contributed by atoms with Gasteiger partial charge in [-0.15, -0.1) is 0 Å². The first-order valence-corrected chi connectivity index (χ1v) is 9.64. The molecule has 140 valence electrons. The highest BCUT2D eigenvalue weighted by atomic mass is 32.2. The normalized spacial score (nSPS) is 11.3. The first-order chi connectivity index (χ1) is 12.1. The molecule has 0 aliphatic rings. The number of carbonyl (C=O) groups excluding carboxylic acids is 1. The Labute approximate surface area is 154 Å². The van der Waals surface area contributed by atoms with Crippen LogP contribution in [0.5, 0.6) is 5.75 Å². The minimum absolute atomic E-state index is 0.0163. The molecule has 0 spiro atoms. The molecule has 1 amide bonds. The second-order valence-electron chi connectivity index (χ2n) is 6.28. The summed E-state index contributed by atoms with van der Waals surface area (Å²) < 4.78 is 32.7. The first-order valence-electron chi connectivity index (χ1n) is 8.16. The maximum Gasteiger partial charge on any atom is 0.244 e. The maximum atomic E-state index is 12.6. The summed E-state index contributed by atoms with van der Waals surface area (Å²) in [5.74, 6) is -0.194. The Balaban J connectivity index is 2.14. The van der Waals surface area contributed by atoms with E-state index >= 15 is 0 Å². The second kappa shape index (κ2) is 7.88. The molecule has 0 unspecified atom stereocenters. The van der Waals surface area contributed by atoms with Crippen molar-refractivity contribution < 1.29 is 17.9 Å². The summed E-state index contributed by atoms with van der Waals surface area (Å²) in [5.41, 5.74) is 4.33. The zero-order chi connectivity index (χ0) is 19.5. The molecule has 2 N–H and O–H groups in total. The van der Waals surface area contributed by atoms with Crippen molar-refractivity contribution >= 4 is 21.6 Å². The second-order valence-corrected chi connectivity index (χ2v) is 8.01. The van der Waals surface area contributed by atoms with Gasteiger partial charge in [0, 0.05) is 5.69 Å². The van der Waals surface area contributed by atoms with Gasteiger partial charge in [-0.2, -0.15) is 0 Å². The molecular formula is C19H24N2O4S. The van der Waals surface area contributed by atoms with Crippen LogP contribution < -0.4 is 14.8 Å². The topological polar surface area (TPSA) is 84.5 Å². The Kier molecular flexibility index (Phi) is 6.05. The van der Waals surface area contributed by atoms with Crippen LogP contribution in [0.1, 0.15) is 22.3 Å². The summed E-state index contributed by atoms with van der Waals surface area (Å²) in [6.45, 7) is 7.12. The van der Waals surface area contributed by atoms with Gasteiger partial charge < -0.3 is 10.1 Å². The van der Waals surface area contributed by atoms with E-state index in [1.807, 2.05) is 45.9 Å². The summed E-state index contributed by atoms with van der Waals surface area (Å²) >= 11 is 0. The summed E-state index contributed by atoms with van der Waals surface area (Å²) in [6, 6.07) is 8.89. The van der Waals surface area contributed by atoms with Crippen molar-refractivity contribution in [2.24, 2.45) is 0 Å². The van der Waals surface area contributed by atoms with Crippen molar-refractivity contribution in [1.82, 2.24) is 4.72 Å². The van der Waals surface area contributed by atoms with Crippen LogP contribution in [0.4, 0.5) is 5.69 Å². The number of hydrogen-bond acceptors (Lipinski definition) is 4. The summed E-state index contributed by atoms with van der Waals surface area (Å²) in [7, 11) is -2.47. The number of benzene rings is 2. The monoisotopic (exact) mass is 376 g/mol. The molecule has 2 aromatic rings. The smallest absolute Gasteiger partial charge is 0.244 e. The van der Waals surface area contributed by atoms with Crippen LogP contribution in [-0.2, 0) is 14.8 Å². The number of amides is 1. The number of ether oxygens (including phenoxy) is 1. The van der Waals surface area contributed by atoms with Gasteiger partial charge in [0.1, 0.15) is 10.6 Å². The number of anilines is 1. The zero-order valence-electron chi connectivity index (χ0n) is 15.6. The van der Waals surface area contributed by atoms with Crippen LogP contribution in [0.3, 0.4) is 0 Å². The van der Waals surface area contributed by atoms with Gasteiger partial charge in [0.2, 0.25) is 15.9 Å². The molecule has 26 heavy (non-hydrogen) atoms. The molecule has 2 rings (SSSR count). The molecule has 0 fully saturated rings. The average molecular weight is 376 g/mol. The lowest BCUT2D eigenvalue weighted by Crippen LogP contribution is -2.33. The van der Waals surface area contributed by atoms with Gasteiger partial charge in [0.15, 0.2) is 0 Å². The highest BCUT2D eigenvalue weighted by Crippen LogP contribution is 2.27. The zero-order valence-corrected chi connectivity index (χ0v) is 16.5. The van der Waals surface area contributed by atoms with E-state index in [1.54, 1.807) is 12.1 Å². The van der Waals surface area contributed by atoms with Crippen LogP contribution in [0.2, 0.25) is 0 Å². The predicted molar refractivity (Wildman–Crippen MR) is 102 cm³/mol. The fourth-order valence-electron chi connectivity index (χ4n) is 2.44. The number of hydrogen-bond donors (Lipinski definition) is 2. The fourth-order valence-corrected chi connectivity index (χ4v) is 3.65. The standard InChI is InChI=1S/C19H24N2O4S/c1-12-6-7-13(2)16(8-12)21-19(22)11-20-26(23,24)18-10-15(4)14(3)9-17(18)25-5/h6-10,20H,11H2,1-5H3,(H,21,22). The van der Waals surface area contributed by atoms with Crippen LogP contribution >= 0.6 is 0 Å². The van der Waals surface area contributed by atoms with Gasteiger partial charge in [-0.3, -0.25) is 4.79 Å². The SMILES string of the molecule is COc1cc(C)c(C)cc1S(=O)(=O)NCC(=O)Nc1cc(C)ccc1C. The van der Waals surface area contributed by atoms with E-state index in [9.17, 15) is 13.2 Å². The molecule has 0 atom stereocenters. The van der Waals surface area contributed by atoms with Gasteiger partial charge in [-0.05, 0) is 68.1 Å². The molecule has 0 saturated carbocycles.